The van der Waals surface area contributed by atoms with Crippen LogP contribution < -0.4 is 19.2 Å². The minimum absolute atomic E-state index is 0.00948. The number of carbonyl (C=O) groups excluding carboxylic acids is 1. The van der Waals surface area contributed by atoms with Crippen molar-refractivity contribution in [2.24, 2.45) is 5.10 Å². The van der Waals surface area contributed by atoms with E-state index in [9.17, 15) is 13.2 Å². The molecule has 190 valence electrons. The molecule has 8 nitrogen and oxygen atoms in total. The summed E-state index contributed by atoms with van der Waals surface area (Å²) in [6.45, 7) is 4.12. The molecule has 0 aliphatic rings. The second-order valence-corrected chi connectivity index (χ2v) is 10.1. The van der Waals surface area contributed by atoms with Gasteiger partial charge in [-0.2, -0.15) is 5.10 Å². The van der Waals surface area contributed by atoms with Crippen LogP contribution in [0.1, 0.15) is 19.4 Å². The van der Waals surface area contributed by atoms with Gasteiger partial charge in [0.25, 0.3) is 15.9 Å². The lowest BCUT2D eigenvalue weighted by molar-refractivity contribution is -0.119. The standard InChI is InChI=1S/C25H25Cl2N3O5S/c1-3-34-23-11-10-18(12-24(23)35-4-2)16-28-29-25(31)17-30(21-14-19(26)13-20(27)15-21)36(32,33)22-8-6-5-7-9-22/h5-16H,3-4,17H2,1-2H3,(H,29,31)/b28-16-. The Bertz CT molecular complexity index is 1310. The number of hydrogen-bond donors (Lipinski definition) is 1. The lowest BCUT2D eigenvalue weighted by Crippen LogP contribution is -2.39. The first-order chi connectivity index (χ1) is 17.2. The third-order valence-corrected chi connectivity index (χ3v) is 6.95. The van der Waals surface area contributed by atoms with Gasteiger partial charge in [-0.15, -0.1) is 0 Å². The molecule has 0 aliphatic carbocycles. The highest BCUT2D eigenvalue weighted by atomic mass is 35.5. The second kappa shape index (κ2) is 12.6. The van der Waals surface area contributed by atoms with Gasteiger partial charge in [0.15, 0.2) is 11.5 Å². The summed E-state index contributed by atoms with van der Waals surface area (Å²) in [7, 11) is -4.11. The van der Waals surface area contributed by atoms with Crippen molar-refractivity contribution in [2.75, 3.05) is 24.1 Å². The van der Waals surface area contributed by atoms with Crippen LogP contribution in [0.2, 0.25) is 10.0 Å². The topological polar surface area (TPSA) is 97.3 Å². The Morgan fingerprint density at radius 3 is 2.22 bits per heavy atom. The quantitative estimate of drug-likeness (QED) is 0.264. The van der Waals surface area contributed by atoms with Crippen molar-refractivity contribution in [2.45, 2.75) is 18.7 Å². The maximum Gasteiger partial charge on any atom is 0.264 e. The first-order valence-corrected chi connectivity index (χ1v) is 13.2. The molecule has 11 heteroatoms. The lowest BCUT2D eigenvalue weighted by Gasteiger charge is -2.24. The molecule has 0 aliphatic heterocycles. The Labute approximate surface area is 220 Å². The predicted octanol–water partition coefficient (Wildman–Crippen LogP) is 5.14. The Morgan fingerprint density at radius 2 is 1.58 bits per heavy atom. The second-order valence-electron chi connectivity index (χ2n) is 7.32. The van der Waals surface area contributed by atoms with E-state index in [1.54, 1.807) is 36.4 Å². The molecule has 1 amide bonds. The van der Waals surface area contributed by atoms with Crippen LogP contribution in [0, 0.1) is 0 Å². The fourth-order valence-corrected chi connectivity index (χ4v) is 5.15. The van der Waals surface area contributed by atoms with Crippen molar-refractivity contribution in [1.29, 1.82) is 0 Å². The molecule has 3 aromatic rings. The molecule has 0 heterocycles. The highest BCUT2D eigenvalue weighted by molar-refractivity contribution is 7.92. The molecule has 3 aromatic carbocycles. The zero-order chi connectivity index (χ0) is 26.1. The van der Waals surface area contributed by atoms with Gasteiger partial charge in [-0.25, -0.2) is 13.8 Å². The van der Waals surface area contributed by atoms with Crippen LogP contribution in [0.4, 0.5) is 5.69 Å². The first-order valence-electron chi connectivity index (χ1n) is 11.0. The van der Waals surface area contributed by atoms with E-state index in [2.05, 4.69) is 10.5 Å². The number of benzene rings is 3. The number of hydrazone groups is 1. The smallest absolute Gasteiger partial charge is 0.264 e. The number of carbonyl (C=O) groups is 1. The third-order valence-electron chi connectivity index (χ3n) is 4.72. The van der Waals surface area contributed by atoms with Gasteiger partial charge in [0.05, 0.1) is 30.0 Å². The van der Waals surface area contributed by atoms with Gasteiger partial charge < -0.3 is 9.47 Å². The van der Waals surface area contributed by atoms with Crippen molar-refractivity contribution >= 4 is 51.0 Å². The molecule has 0 atom stereocenters. The van der Waals surface area contributed by atoms with Gasteiger partial charge >= 0.3 is 0 Å². The van der Waals surface area contributed by atoms with E-state index in [1.165, 1.54) is 36.5 Å². The molecular formula is C25H25Cl2N3O5S. The van der Waals surface area contributed by atoms with E-state index in [4.69, 9.17) is 32.7 Å². The summed E-state index contributed by atoms with van der Waals surface area (Å²) in [5.41, 5.74) is 3.15. The lowest BCUT2D eigenvalue weighted by atomic mass is 10.2. The van der Waals surface area contributed by atoms with Gasteiger partial charge in [0.1, 0.15) is 6.54 Å². The summed E-state index contributed by atoms with van der Waals surface area (Å²) in [6, 6.07) is 17.3. The van der Waals surface area contributed by atoms with Crippen LogP contribution in [0.5, 0.6) is 11.5 Å². The molecule has 1 N–H and O–H groups in total. The molecule has 0 saturated carbocycles. The molecular weight excluding hydrogens is 525 g/mol. The number of nitrogens with one attached hydrogen (secondary N) is 1. The van der Waals surface area contributed by atoms with E-state index < -0.39 is 22.5 Å². The maximum atomic E-state index is 13.4. The van der Waals surface area contributed by atoms with Crippen molar-refractivity contribution in [3.8, 4) is 11.5 Å². The van der Waals surface area contributed by atoms with E-state index in [0.29, 0.717) is 30.3 Å². The molecule has 0 unspecified atom stereocenters. The molecule has 0 bridgehead atoms. The average molecular weight is 550 g/mol. The van der Waals surface area contributed by atoms with Crippen LogP contribution in [0.15, 0.2) is 76.7 Å². The normalized spacial score (nSPS) is 11.3. The van der Waals surface area contributed by atoms with Crippen LogP contribution in [-0.4, -0.2) is 40.3 Å². The molecule has 0 radical (unpaired) electrons. The minimum atomic E-state index is -4.11. The summed E-state index contributed by atoms with van der Waals surface area (Å²) in [5.74, 6) is 0.480. The van der Waals surface area contributed by atoms with Crippen molar-refractivity contribution in [3.63, 3.8) is 0 Å². The van der Waals surface area contributed by atoms with Crippen molar-refractivity contribution in [3.05, 3.63) is 82.3 Å². The maximum absolute atomic E-state index is 13.4. The number of sulfonamides is 1. The number of ether oxygens (including phenoxy) is 2. The van der Waals surface area contributed by atoms with E-state index in [0.717, 1.165) is 4.31 Å². The largest absolute Gasteiger partial charge is 0.490 e. The summed E-state index contributed by atoms with van der Waals surface area (Å²) in [5, 5.41) is 4.41. The SMILES string of the molecule is CCOc1ccc(/C=N\NC(=O)CN(c2cc(Cl)cc(Cl)c2)S(=O)(=O)c2ccccc2)cc1OCC. The zero-order valence-corrected chi connectivity index (χ0v) is 22.0. The van der Waals surface area contributed by atoms with E-state index >= 15 is 0 Å². The van der Waals surface area contributed by atoms with Crippen LogP contribution in [0.25, 0.3) is 0 Å². The van der Waals surface area contributed by atoms with Gasteiger partial charge in [-0.1, -0.05) is 41.4 Å². The Hall–Kier alpha value is -3.27. The Morgan fingerprint density at radius 1 is 0.944 bits per heavy atom. The molecule has 0 fully saturated rings. The molecule has 36 heavy (non-hydrogen) atoms. The monoisotopic (exact) mass is 549 g/mol. The highest BCUT2D eigenvalue weighted by Gasteiger charge is 2.27. The minimum Gasteiger partial charge on any atom is -0.490 e. The first kappa shape index (κ1) is 27.3. The van der Waals surface area contributed by atoms with Crippen LogP contribution in [0.3, 0.4) is 0 Å². The zero-order valence-electron chi connectivity index (χ0n) is 19.6. The van der Waals surface area contributed by atoms with Gasteiger partial charge in [0.2, 0.25) is 0 Å². The van der Waals surface area contributed by atoms with Crippen LogP contribution in [-0.2, 0) is 14.8 Å². The third kappa shape index (κ3) is 7.13. The van der Waals surface area contributed by atoms with E-state index in [1.807, 2.05) is 13.8 Å². The summed E-state index contributed by atoms with van der Waals surface area (Å²) in [6.07, 6.45) is 1.42. The number of halogens is 2. The summed E-state index contributed by atoms with van der Waals surface area (Å²) >= 11 is 12.2. The highest BCUT2D eigenvalue weighted by Crippen LogP contribution is 2.30. The van der Waals surface area contributed by atoms with Gasteiger partial charge in [-0.05, 0) is 67.9 Å². The average Bonchev–Trinajstić information content (AvgIpc) is 2.84. The number of amides is 1. The summed E-state index contributed by atoms with van der Waals surface area (Å²) < 4.78 is 38.8. The van der Waals surface area contributed by atoms with E-state index in [-0.39, 0.29) is 20.6 Å². The van der Waals surface area contributed by atoms with Crippen LogP contribution >= 0.6 is 23.2 Å². The summed E-state index contributed by atoms with van der Waals surface area (Å²) in [4.78, 5) is 12.7. The molecule has 0 saturated heterocycles. The number of rotatable bonds is 11. The van der Waals surface area contributed by atoms with Gasteiger partial charge in [0, 0.05) is 10.0 Å². The van der Waals surface area contributed by atoms with Crippen molar-refractivity contribution in [1.82, 2.24) is 5.43 Å². The number of nitrogens with zero attached hydrogens (tertiary/aromatic N) is 2. The molecule has 0 spiro atoms. The molecule has 0 aromatic heterocycles. The Kier molecular flexibility index (Phi) is 9.58. The fourth-order valence-electron chi connectivity index (χ4n) is 3.21. The molecule has 3 rings (SSSR count). The predicted molar refractivity (Wildman–Crippen MR) is 142 cm³/mol. The Balaban J connectivity index is 1.82. The number of anilines is 1. The van der Waals surface area contributed by atoms with Gasteiger partial charge in [-0.3, -0.25) is 9.10 Å². The fraction of sp³-hybridized carbons (Fsp3) is 0.200. The number of hydrogen-bond acceptors (Lipinski definition) is 6. The van der Waals surface area contributed by atoms with Crippen molar-refractivity contribution < 1.29 is 22.7 Å².